The Kier molecular flexibility index (Phi) is 5.93. The fourth-order valence-electron chi connectivity index (χ4n) is 2.83. The highest BCUT2D eigenvalue weighted by Gasteiger charge is 2.20. The van der Waals surface area contributed by atoms with E-state index in [1.165, 1.54) is 0 Å². The van der Waals surface area contributed by atoms with Crippen molar-refractivity contribution in [1.82, 2.24) is 15.1 Å². The number of rotatable bonds is 6. The Morgan fingerprint density at radius 3 is 2.64 bits per heavy atom. The van der Waals surface area contributed by atoms with Crippen molar-refractivity contribution in [3.63, 3.8) is 0 Å². The molecule has 1 aliphatic heterocycles. The molecular formula is C17H21BrN4O3. The zero-order chi connectivity index (χ0) is 17.6. The van der Waals surface area contributed by atoms with Crippen LogP contribution in [-0.2, 0) is 0 Å². The monoisotopic (exact) mass is 408 g/mol. The van der Waals surface area contributed by atoms with Crippen LogP contribution >= 0.6 is 15.9 Å². The van der Waals surface area contributed by atoms with Crippen LogP contribution in [0.3, 0.4) is 0 Å². The average Bonchev–Trinajstić information content (AvgIpc) is 2.65. The summed E-state index contributed by atoms with van der Waals surface area (Å²) >= 11 is 3.34. The number of ether oxygens (including phenoxy) is 2. The van der Waals surface area contributed by atoms with Crippen LogP contribution in [0.4, 0.5) is 5.69 Å². The summed E-state index contributed by atoms with van der Waals surface area (Å²) in [4.78, 5) is 16.2. The Hall–Kier alpha value is -2.06. The van der Waals surface area contributed by atoms with Crippen LogP contribution in [0, 0.1) is 0 Å². The lowest BCUT2D eigenvalue weighted by molar-refractivity contribution is 0.197. The molecule has 25 heavy (non-hydrogen) atoms. The van der Waals surface area contributed by atoms with Gasteiger partial charge in [0.2, 0.25) is 0 Å². The van der Waals surface area contributed by atoms with Crippen LogP contribution in [0.15, 0.2) is 39.7 Å². The van der Waals surface area contributed by atoms with Crippen LogP contribution in [0.5, 0.6) is 11.5 Å². The highest BCUT2D eigenvalue weighted by molar-refractivity contribution is 9.10. The van der Waals surface area contributed by atoms with Crippen molar-refractivity contribution in [2.45, 2.75) is 0 Å². The number of para-hydroxylation sites is 2. The van der Waals surface area contributed by atoms with Gasteiger partial charge in [0.1, 0.15) is 11.1 Å². The van der Waals surface area contributed by atoms with Crippen molar-refractivity contribution < 1.29 is 9.47 Å². The van der Waals surface area contributed by atoms with Crippen LogP contribution in [0.2, 0.25) is 0 Å². The first kappa shape index (κ1) is 17.8. The van der Waals surface area contributed by atoms with Gasteiger partial charge in [-0.05, 0) is 28.1 Å². The van der Waals surface area contributed by atoms with Gasteiger partial charge in [-0.1, -0.05) is 12.1 Å². The molecule has 0 spiro atoms. The lowest BCUT2D eigenvalue weighted by atomic mass is 10.3. The molecule has 1 aromatic heterocycles. The summed E-state index contributed by atoms with van der Waals surface area (Å²) in [5.41, 5.74) is 0.638. The Morgan fingerprint density at radius 1 is 1.20 bits per heavy atom. The van der Waals surface area contributed by atoms with Crippen LogP contribution in [-0.4, -0.2) is 61.5 Å². The molecule has 2 aromatic rings. The van der Waals surface area contributed by atoms with Crippen molar-refractivity contribution in [2.24, 2.45) is 0 Å². The number of nitrogens with zero attached hydrogens (tertiary/aromatic N) is 3. The number of hydrogen-bond acceptors (Lipinski definition) is 6. The second-order valence-corrected chi connectivity index (χ2v) is 6.52. The summed E-state index contributed by atoms with van der Waals surface area (Å²) in [5.74, 6) is 1.51. The van der Waals surface area contributed by atoms with Crippen molar-refractivity contribution in [1.29, 1.82) is 0 Å². The predicted octanol–water partition coefficient (Wildman–Crippen LogP) is 1.74. The molecule has 1 fully saturated rings. The Balaban J connectivity index is 1.48. The van der Waals surface area contributed by atoms with Gasteiger partial charge in [0, 0.05) is 32.7 Å². The molecule has 0 saturated carbocycles. The molecule has 1 aliphatic rings. The third kappa shape index (κ3) is 4.32. The number of piperazine rings is 1. The zero-order valence-corrected chi connectivity index (χ0v) is 15.7. The molecule has 134 valence electrons. The molecule has 2 heterocycles. The van der Waals surface area contributed by atoms with Gasteiger partial charge in [-0.2, -0.15) is 5.10 Å². The van der Waals surface area contributed by atoms with Crippen LogP contribution in [0.1, 0.15) is 0 Å². The first-order chi connectivity index (χ1) is 12.2. The first-order valence-corrected chi connectivity index (χ1v) is 8.94. The van der Waals surface area contributed by atoms with E-state index in [9.17, 15) is 4.79 Å². The topological polar surface area (TPSA) is 70.7 Å². The second kappa shape index (κ2) is 8.35. The third-order valence-electron chi connectivity index (χ3n) is 4.22. The summed E-state index contributed by atoms with van der Waals surface area (Å²) in [6.07, 6.45) is 1.69. The quantitative estimate of drug-likeness (QED) is 0.784. The first-order valence-electron chi connectivity index (χ1n) is 8.15. The van der Waals surface area contributed by atoms with E-state index >= 15 is 0 Å². The van der Waals surface area contributed by atoms with E-state index in [4.69, 9.17) is 9.47 Å². The van der Waals surface area contributed by atoms with E-state index in [2.05, 4.69) is 35.9 Å². The maximum Gasteiger partial charge on any atom is 0.280 e. The van der Waals surface area contributed by atoms with E-state index in [1.54, 1.807) is 13.3 Å². The molecule has 3 rings (SSSR count). The summed E-state index contributed by atoms with van der Waals surface area (Å²) in [6.45, 7) is 4.97. The number of benzene rings is 1. The van der Waals surface area contributed by atoms with Gasteiger partial charge in [0.05, 0.1) is 19.0 Å². The summed E-state index contributed by atoms with van der Waals surface area (Å²) in [7, 11) is 1.64. The number of H-pyrrole nitrogens is 1. The Morgan fingerprint density at radius 2 is 1.92 bits per heavy atom. The van der Waals surface area contributed by atoms with Gasteiger partial charge >= 0.3 is 0 Å². The second-order valence-electron chi connectivity index (χ2n) is 5.73. The number of nitrogens with one attached hydrogen (secondary N) is 1. The fourth-order valence-corrected chi connectivity index (χ4v) is 3.27. The normalized spacial score (nSPS) is 15.2. The maximum absolute atomic E-state index is 11.6. The number of halogens is 1. The molecule has 0 radical (unpaired) electrons. The molecule has 0 aliphatic carbocycles. The number of hydrogen-bond donors (Lipinski definition) is 1. The molecule has 7 nitrogen and oxygen atoms in total. The van der Waals surface area contributed by atoms with Gasteiger partial charge in [-0.25, -0.2) is 5.10 Å². The summed E-state index contributed by atoms with van der Waals surface area (Å²) in [5, 5.41) is 6.31. The largest absolute Gasteiger partial charge is 0.493 e. The number of anilines is 1. The fraction of sp³-hybridized carbons (Fsp3) is 0.412. The Bertz CT molecular complexity index is 760. The maximum atomic E-state index is 11.6. The lowest BCUT2D eigenvalue weighted by Crippen LogP contribution is -2.48. The third-order valence-corrected chi connectivity index (χ3v) is 4.99. The van der Waals surface area contributed by atoms with Gasteiger partial charge in [-0.15, -0.1) is 0 Å². The van der Waals surface area contributed by atoms with Crippen molar-refractivity contribution >= 4 is 21.6 Å². The van der Waals surface area contributed by atoms with Gasteiger partial charge in [0.15, 0.2) is 11.5 Å². The highest BCUT2D eigenvalue weighted by atomic mass is 79.9. The molecule has 1 aromatic carbocycles. The minimum absolute atomic E-state index is 0.204. The molecule has 0 unspecified atom stereocenters. The van der Waals surface area contributed by atoms with E-state index in [1.807, 2.05) is 24.3 Å². The number of aromatic amines is 1. The van der Waals surface area contributed by atoms with Gasteiger partial charge in [-0.3, -0.25) is 9.69 Å². The molecule has 1 saturated heterocycles. The van der Waals surface area contributed by atoms with Gasteiger partial charge in [0.25, 0.3) is 5.56 Å². The zero-order valence-electron chi connectivity index (χ0n) is 14.1. The van der Waals surface area contributed by atoms with Crippen molar-refractivity contribution in [3.8, 4) is 11.5 Å². The van der Waals surface area contributed by atoms with E-state index < -0.39 is 0 Å². The molecule has 0 amide bonds. The summed E-state index contributed by atoms with van der Waals surface area (Å²) in [6, 6.07) is 7.66. The minimum atomic E-state index is -0.204. The van der Waals surface area contributed by atoms with Crippen molar-refractivity contribution in [3.05, 3.63) is 45.3 Å². The van der Waals surface area contributed by atoms with E-state index in [0.29, 0.717) is 11.1 Å². The average molecular weight is 409 g/mol. The van der Waals surface area contributed by atoms with E-state index in [-0.39, 0.29) is 5.56 Å². The summed E-state index contributed by atoms with van der Waals surface area (Å²) < 4.78 is 11.7. The van der Waals surface area contributed by atoms with Crippen LogP contribution < -0.4 is 19.9 Å². The smallest absolute Gasteiger partial charge is 0.280 e. The van der Waals surface area contributed by atoms with Crippen LogP contribution in [0.25, 0.3) is 0 Å². The molecule has 0 atom stereocenters. The van der Waals surface area contributed by atoms with E-state index in [0.717, 1.165) is 49.9 Å². The van der Waals surface area contributed by atoms with Gasteiger partial charge < -0.3 is 14.4 Å². The SMILES string of the molecule is COc1ccccc1OCCN1CCN(c2cn[nH]c(=O)c2Br)CC1. The Labute approximate surface area is 154 Å². The molecule has 8 heteroatoms. The number of aromatic nitrogens is 2. The highest BCUT2D eigenvalue weighted by Crippen LogP contribution is 2.26. The molecule has 1 N–H and O–H groups in total. The molecule has 0 bridgehead atoms. The van der Waals surface area contributed by atoms with Crippen molar-refractivity contribution in [2.75, 3.05) is 51.3 Å². The standard InChI is InChI=1S/C17H21BrN4O3/c1-24-14-4-2-3-5-15(14)25-11-10-21-6-8-22(9-7-21)13-12-19-20-17(23)16(13)18/h2-5,12H,6-11H2,1H3,(H,20,23). The molecular weight excluding hydrogens is 388 g/mol. The lowest BCUT2D eigenvalue weighted by Gasteiger charge is -2.36. The number of methoxy groups -OCH3 is 1. The minimum Gasteiger partial charge on any atom is -0.493 e. The predicted molar refractivity (Wildman–Crippen MR) is 99.7 cm³/mol.